The number of benzene rings is 1. The largest absolute Gasteiger partial charge is 0.469 e. The molecule has 0 fully saturated rings. The molecule has 0 N–H and O–H groups in total. The lowest BCUT2D eigenvalue weighted by Gasteiger charge is -2.48. The van der Waals surface area contributed by atoms with Crippen LogP contribution >= 0.6 is 0 Å². The SMILES string of the molecule is COC(=O)Cc1c(C)c2cc3c4c(c2oc1=O)C(C)(C)CCN4CCC3(C)C. The van der Waals surface area contributed by atoms with Gasteiger partial charge in [-0.15, -0.1) is 0 Å². The molecule has 28 heavy (non-hydrogen) atoms. The molecular weight excluding hydrogens is 354 g/mol. The fourth-order valence-corrected chi connectivity index (χ4v) is 4.83. The molecule has 4 rings (SSSR count). The van der Waals surface area contributed by atoms with E-state index in [-0.39, 0.29) is 17.3 Å². The zero-order valence-corrected chi connectivity index (χ0v) is 17.7. The van der Waals surface area contributed by atoms with Crippen molar-refractivity contribution in [2.75, 3.05) is 25.1 Å². The number of nitrogens with zero attached hydrogens (tertiary/aromatic N) is 1. The summed E-state index contributed by atoms with van der Waals surface area (Å²) in [6.45, 7) is 13.0. The van der Waals surface area contributed by atoms with Crippen LogP contribution in [0.15, 0.2) is 15.3 Å². The number of rotatable bonds is 2. The topological polar surface area (TPSA) is 59.8 Å². The van der Waals surface area contributed by atoms with Crippen LogP contribution in [0.1, 0.15) is 62.8 Å². The maximum atomic E-state index is 12.8. The third kappa shape index (κ3) is 2.66. The monoisotopic (exact) mass is 383 g/mol. The quantitative estimate of drug-likeness (QED) is 0.580. The van der Waals surface area contributed by atoms with Crippen molar-refractivity contribution < 1.29 is 13.9 Å². The van der Waals surface area contributed by atoms with Crippen LogP contribution in [0.25, 0.3) is 11.0 Å². The Bertz CT molecular complexity index is 1040. The van der Waals surface area contributed by atoms with Gasteiger partial charge in [0.25, 0.3) is 0 Å². The lowest BCUT2D eigenvalue weighted by Crippen LogP contribution is -2.44. The van der Waals surface area contributed by atoms with Crippen molar-refractivity contribution in [3.05, 3.63) is 38.7 Å². The van der Waals surface area contributed by atoms with Crippen LogP contribution in [0, 0.1) is 6.92 Å². The van der Waals surface area contributed by atoms with Gasteiger partial charge in [-0.3, -0.25) is 4.79 Å². The normalized spacial score (nSPS) is 19.4. The van der Waals surface area contributed by atoms with Gasteiger partial charge in [-0.2, -0.15) is 0 Å². The molecule has 150 valence electrons. The Kier molecular flexibility index (Phi) is 4.15. The first-order valence-electron chi connectivity index (χ1n) is 10.0. The van der Waals surface area contributed by atoms with Crippen LogP contribution in [0.4, 0.5) is 5.69 Å². The lowest BCUT2D eigenvalue weighted by atomic mass is 9.69. The van der Waals surface area contributed by atoms with Gasteiger partial charge in [0.15, 0.2) is 0 Å². The van der Waals surface area contributed by atoms with Gasteiger partial charge in [-0.05, 0) is 47.8 Å². The Balaban J connectivity index is 2.11. The van der Waals surface area contributed by atoms with Crippen molar-refractivity contribution in [3.63, 3.8) is 0 Å². The number of carbonyl (C=O) groups excluding carboxylic acids is 1. The second kappa shape index (κ2) is 6.10. The Morgan fingerprint density at radius 2 is 1.82 bits per heavy atom. The number of fused-ring (bicyclic) bond motifs is 2. The van der Waals surface area contributed by atoms with E-state index in [4.69, 9.17) is 9.15 Å². The molecule has 1 aromatic carbocycles. The van der Waals surface area contributed by atoms with E-state index in [9.17, 15) is 9.59 Å². The summed E-state index contributed by atoms with van der Waals surface area (Å²) in [6.07, 6.45) is 2.05. The van der Waals surface area contributed by atoms with Crippen LogP contribution in [0.3, 0.4) is 0 Å². The minimum absolute atomic E-state index is 0.0489. The Labute approximate surface area is 165 Å². The van der Waals surface area contributed by atoms with Gasteiger partial charge in [-0.1, -0.05) is 27.7 Å². The van der Waals surface area contributed by atoms with Crippen LogP contribution in [-0.4, -0.2) is 26.2 Å². The molecule has 0 atom stereocenters. The first kappa shape index (κ1) is 19.0. The standard InChI is InChI=1S/C23H29NO4/c1-13-14-11-16-19-18(20(14)28-21(26)15(13)12-17(25)27-6)23(4,5)8-10-24(19)9-7-22(16,2)3/h11H,7-10,12H2,1-6H3. The maximum Gasteiger partial charge on any atom is 0.340 e. The maximum absolute atomic E-state index is 12.8. The molecule has 0 saturated heterocycles. The number of hydrogen-bond donors (Lipinski definition) is 0. The first-order chi connectivity index (χ1) is 13.1. The van der Waals surface area contributed by atoms with E-state index in [1.807, 2.05) is 6.92 Å². The van der Waals surface area contributed by atoms with Gasteiger partial charge in [0.2, 0.25) is 0 Å². The van der Waals surface area contributed by atoms with Crippen LogP contribution in [0.5, 0.6) is 0 Å². The van der Waals surface area contributed by atoms with Crippen LogP contribution in [-0.2, 0) is 26.8 Å². The molecule has 0 amide bonds. The summed E-state index contributed by atoms with van der Waals surface area (Å²) in [6, 6.07) is 2.20. The molecule has 0 aliphatic carbocycles. The Hall–Kier alpha value is -2.30. The number of hydrogen-bond acceptors (Lipinski definition) is 5. The van der Waals surface area contributed by atoms with Gasteiger partial charge >= 0.3 is 11.6 Å². The third-order valence-corrected chi connectivity index (χ3v) is 6.83. The highest BCUT2D eigenvalue weighted by Crippen LogP contribution is 2.51. The van der Waals surface area contributed by atoms with Crippen molar-refractivity contribution in [3.8, 4) is 0 Å². The summed E-state index contributed by atoms with van der Waals surface area (Å²) < 4.78 is 10.7. The molecule has 3 heterocycles. The molecule has 0 saturated carbocycles. The van der Waals surface area contributed by atoms with E-state index in [1.54, 1.807) is 0 Å². The minimum atomic E-state index is -0.436. The molecule has 0 bridgehead atoms. The van der Waals surface area contributed by atoms with Crippen molar-refractivity contribution in [1.29, 1.82) is 0 Å². The van der Waals surface area contributed by atoms with E-state index in [0.29, 0.717) is 11.1 Å². The van der Waals surface area contributed by atoms with Crippen molar-refractivity contribution in [2.45, 2.75) is 64.7 Å². The number of methoxy groups -OCH3 is 1. The summed E-state index contributed by atoms with van der Waals surface area (Å²) in [7, 11) is 1.33. The fraction of sp³-hybridized carbons (Fsp3) is 0.565. The summed E-state index contributed by atoms with van der Waals surface area (Å²) in [4.78, 5) is 27.1. The second-order valence-electron chi connectivity index (χ2n) is 9.53. The fourth-order valence-electron chi connectivity index (χ4n) is 4.83. The first-order valence-corrected chi connectivity index (χ1v) is 10.0. The molecule has 0 spiro atoms. The Morgan fingerprint density at radius 3 is 2.46 bits per heavy atom. The number of ether oxygens (including phenoxy) is 1. The van der Waals surface area contributed by atoms with Gasteiger partial charge < -0.3 is 14.1 Å². The van der Waals surface area contributed by atoms with Crippen molar-refractivity contribution in [1.82, 2.24) is 0 Å². The highest BCUT2D eigenvalue weighted by Gasteiger charge is 2.42. The van der Waals surface area contributed by atoms with E-state index in [2.05, 4.69) is 38.7 Å². The molecule has 5 nitrogen and oxygen atoms in total. The molecule has 2 aliphatic heterocycles. The zero-order chi connectivity index (χ0) is 20.4. The van der Waals surface area contributed by atoms with Crippen LogP contribution < -0.4 is 10.5 Å². The molecule has 1 aromatic heterocycles. The summed E-state index contributed by atoms with van der Waals surface area (Å²) >= 11 is 0. The van der Waals surface area contributed by atoms with Crippen molar-refractivity contribution in [2.24, 2.45) is 0 Å². The Morgan fingerprint density at radius 1 is 1.18 bits per heavy atom. The van der Waals surface area contributed by atoms with E-state index >= 15 is 0 Å². The molecule has 2 aromatic rings. The van der Waals surface area contributed by atoms with Gasteiger partial charge in [0.1, 0.15) is 5.58 Å². The lowest BCUT2D eigenvalue weighted by molar-refractivity contribution is -0.139. The van der Waals surface area contributed by atoms with Gasteiger partial charge in [-0.25, -0.2) is 4.79 Å². The van der Waals surface area contributed by atoms with E-state index in [0.717, 1.165) is 42.4 Å². The third-order valence-electron chi connectivity index (χ3n) is 6.83. The number of anilines is 1. The van der Waals surface area contributed by atoms with E-state index in [1.165, 1.54) is 18.4 Å². The summed E-state index contributed by atoms with van der Waals surface area (Å²) in [5, 5.41) is 0.942. The highest BCUT2D eigenvalue weighted by atomic mass is 16.5. The number of aryl methyl sites for hydroxylation is 1. The summed E-state index contributed by atoms with van der Waals surface area (Å²) in [5.41, 5.74) is 5.14. The summed E-state index contributed by atoms with van der Waals surface area (Å²) in [5.74, 6) is -0.430. The number of carbonyl (C=O) groups is 1. The number of esters is 1. The molecule has 0 radical (unpaired) electrons. The highest BCUT2D eigenvalue weighted by molar-refractivity contribution is 5.93. The predicted molar refractivity (Wildman–Crippen MR) is 110 cm³/mol. The molecule has 5 heteroatoms. The van der Waals surface area contributed by atoms with Gasteiger partial charge in [0, 0.05) is 29.7 Å². The molecule has 2 aliphatic rings. The van der Waals surface area contributed by atoms with Crippen LogP contribution in [0.2, 0.25) is 0 Å². The minimum Gasteiger partial charge on any atom is -0.469 e. The average Bonchev–Trinajstić information content (AvgIpc) is 2.62. The van der Waals surface area contributed by atoms with Gasteiger partial charge in [0.05, 0.1) is 19.1 Å². The van der Waals surface area contributed by atoms with E-state index < -0.39 is 11.6 Å². The smallest absolute Gasteiger partial charge is 0.340 e. The second-order valence-corrected chi connectivity index (χ2v) is 9.53. The average molecular weight is 383 g/mol. The zero-order valence-electron chi connectivity index (χ0n) is 17.7. The molecular formula is C23H29NO4. The predicted octanol–water partition coefficient (Wildman–Crippen LogP) is 3.99. The van der Waals surface area contributed by atoms with Crippen molar-refractivity contribution >= 4 is 22.6 Å². The molecule has 0 unspecified atom stereocenters.